The van der Waals surface area contributed by atoms with E-state index in [4.69, 9.17) is 30.6 Å². The van der Waals surface area contributed by atoms with Gasteiger partial charge in [-0.05, 0) is 44.9 Å². The normalized spacial score (nSPS) is 15.5. The summed E-state index contributed by atoms with van der Waals surface area (Å²) in [6.07, 6.45) is 20.5. The average Bonchev–Trinajstić information content (AvgIpc) is 2.84. The van der Waals surface area contributed by atoms with E-state index < -0.39 is 37.0 Å². The molecule has 6 N–H and O–H groups in total. The van der Waals surface area contributed by atoms with Gasteiger partial charge < -0.3 is 35.4 Å². The maximum atomic E-state index is 10.3. The minimum absolute atomic E-state index is 0.0258. The minimum atomic E-state index is -1.79. The zero-order chi connectivity index (χ0) is 26.0. The van der Waals surface area contributed by atoms with Gasteiger partial charge in [-0.1, -0.05) is 68.4 Å². The highest BCUT2D eigenvalue weighted by Crippen LogP contribution is 2.03. The van der Waals surface area contributed by atoms with Gasteiger partial charge in [-0.2, -0.15) is 0 Å². The van der Waals surface area contributed by atoms with Crippen LogP contribution in [-0.4, -0.2) is 73.9 Å². The van der Waals surface area contributed by atoms with Crippen molar-refractivity contribution in [3.8, 4) is 0 Å². The van der Waals surface area contributed by atoms with Gasteiger partial charge in [0.2, 0.25) is 0 Å². The fraction of sp³-hybridized carbons (Fsp3) is 0.615. The Morgan fingerprint density at radius 2 is 1.21 bits per heavy atom. The van der Waals surface area contributed by atoms with Crippen LogP contribution in [0.1, 0.15) is 71.1 Å². The molecule has 0 aliphatic carbocycles. The first-order valence-electron chi connectivity index (χ1n) is 11.9. The molecular formula is C26H44O8. The molecule has 0 amide bonds. The van der Waals surface area contributed by atoms with Crippen molar-refractivity contribution in [1.29, 1.82) is 0 Å². The molecule has 4 atom stereocenters. The zero-order valence-corrected chi connectivity index (χ0v) is 20.3. The van der Waals surface area contributed by atoms with Crippen molar-refractivity contribution in [3.63, 3.8) is 0 Å². The number of aliphatic hydroxyl groups excluding tert-OH is 5. The van der Waals surface area contributed by atoms with E-state index in [-0.39, 0.29) is 12.7 Å². The number of carbonyl (C=O) groups excluding carboxylic acids is 1. The summed E-state index contributed by atoms with van der Waals surface area (Å²) < 4.78 is 0. The standard InChI is InChI=1S/C20H32O2.C6H12O6/c1-2-3-4-5-6-7-8-9-10-11-12-13-14-15-16-17-18-19-20(21)22;7-1-3(9)5(11)6(12)4(10)2-8/h6-7,9-10,12-13,15-16H,2-5,8,11,14,17-19H2,1H3,(H,21,22);1,3-6,8-12H,2H2/b7-6-,10-9-,13-12-,16-15-;/t;3-,4+,5+,6+/m.0/s1. The third-order valence-electron chi connectivity index (χ3n) is 4.64. The van der Waals surface area contributed by atoms with Crippen LogP contribution in [0.4, 0.5) is 0 Å². The van der Waals surface area contributed by atoms with Gasteiger partial charge in [0.1, 0.15) is 24.4 Å². The predicted molar refractivity (Wildman–Crippen MR) is 133 cm³/mol. The Morgan fingerprint density at radius 3 is 1.62 bits per heavy atom. The SMILES string of the molecule is CCCCC/C=C\C/C=C\C/C=C\C/C=C\CCCC(=O)O.O=C[C@H](O)[C@@H](O)[C@H](O)[C@H](O)CO. The number of hydrogen-bond acceptors (Lipinski definition) is 7. The van der Waals surface area contributed by atoms with Crippen LogP contribution < -0.4 is 0 Å². The van der Waals surface area contributed by atoms with E-state index in [1.165, 1.54) is 25.7 Å². The third-order valence-corrected chi connectivity index (χ3v) is 4.64. The molecule has 0 saturated carbocycles. The number of unbranched alkanes of at least 4 members (excludes halogenated alkanes) is 4. The highest BCUT2D eigenvalue weighted by molar-refractivity contribution is 5.66. The predicted octanol–water partition coefficient (Wildman–Crippen LogP) is 2.84. The van der Waals surface area contributed by atoms with Crippen LogP contribution in [0, 0.1) is 0 Å². The molecule has 8 nitrogen and oxygen atoms in total. The average molecular weight is 485 g/mol. The monoisotopic (exact) mass is 484 g/mol. The highest BCUT2D eigenvalue weighted by atomic mass is 16.4. The number of carboxylic acids is 1. The van der Waals surface area contributed by atoms with Crippen LogP contribution >= 0.6 is 0 Å². The van der Waals surface area contributed by atoms with Crippen LogP contribution in [-0.2, 0) is 9.59 Å². The molecule has 0 rings (SSSR count). The number of carboxylic acid groups (broad SMARTS) is 1. The van der Waals surface area contributed by atoms with E-state index in [1.807, 2.05) is 0 Å². The molecule has 0 aromatic rings. The van der Waals surface area contributed by atoms with E-state index in [9.17, 15) is 9.59 Å². The van der Waals surface area contributed by atoms with Gasteiger partial charge in [0.25, 0.3) is 0 Å². The topological polar surface area (TPSA) is 156 Å². The van der Waals surface area contributed by atoms with E-state index in [1.54, 1.807) is 0 Å². The number of aliphatic carboxylic acids is 1. The largest absolute Gasteiger partial charge is 0.481 e. The zero-order valence-electron chi connectivity index (χ0n) is 20.3. The maximum Gasteiger partial charge on any atom is 0.303 e. The lowest BCUT2D eigenvalue weighted by molar-refractivity contribution is -0.137. The van der Waals surface area contributed by atoms with Crippen molar-refractivity contribution in [1.82, 2.24) is 0 Å². The Labute approximate surface area is 203 Å². The minimum Gasteiger partial charge on any atom is -0.481 e. The number of aldehydes is 1. The van der Waals surface area contributed by atoms with Gasteiger partial charge in [-0.25, -0.2) is 0 Å². The Kier molecular flexibility index (Phi) is 25.6. The number of carbonyl (C=O) groups is 2. The molecule has 34 heavy (non-hydrogen) atoms. The molecule has 0 unspecified atom stereocenters. The van der Waals surface area contributed by atoms with Crippen molar-refractivity contribution >= 4 is 12.3 Å². The smallest absolute Gasteiger partial charge is 0.303 e. The molecule has 0 aliphatic heterocycles. The van der Waals surface area contributed by atoms with Crippen molar-refractivity contribution in [2.75, 3.05) is 6.61 Å². The van der Waals surface area contributed by atoms with E-state index in [0.29, 0.717) is 0 Å². The second-order valence-electron chi connectivity index (χ2n) is 7.73. The Hall–Kier alpha value is -2.10. The number of hydrogen-bond donors (Lipinski definition) is 6. The summed E-state index contributed by atoms with van der Waals surface area (Å²) in [6.45, 7) is 1.47. The molecule has 0 bridgehead atoms. The Balaban J connectivity index is 0. The molecular weight excluding hydrogens is 440 g/mol. The van der Waals surface area contributed by atoms with Crippen molar-refractivity contribution in [2.45, 2.75) is 95.5 Å². The molecule has 0 fully saturated rings. The van der Waals surface area contributed by atoms with Gasteiger partial charge >= 0.3 is 5.97 Å². The van der Waals surface area contributed by atoms with E-state index >= 15 is 0 Å². The Bertz CT molecular complexity index is 598. The summed E-state index contributed by atoms with van der Waals surface area (Å²) in [5.41, 5.74) is 0. The molecule has 0 aromatic carbocycles. The van der Waals surface area contributed by atoms with Crippen LogP contribution in [0.15, 0.2) is 48.6 Å². The summed E-state index contributed by atoms with van der Waals surface area (Å²) >= 11 is 0. The number of rotatable bonds is 19. The fourth-order valence-corrected chi connectivity index (χ4v) is 2.55. The summed E-state index contributed by atoms with van der Waals surface area (Å²) in [4.78, 5) is 20.2. The lowest BCUT2D eigenvalue weighted by Crippen LogP contribution is -2.46. The molecule has 0 radical (unpaired) electrons. The molecule has 0 heterocycles. The van der Waals surface area contributed by atoms with Gasteiger partial charge in [-0.15, -0.1) is 0 Å². The maximum absolute atomic E-state index is 10.3. The second-order valence-corrected chi connectivity index (χ2v) is 7.73. The van der Waals surface area contributed by atoms with Gasteiger partial charge in [0.05, 0.1) is 6.61 Å². The second kappa shape index (κ2) is 25.5. The van der Waals surface area contributed by atoms with Crippen LogP contribution in [0.2, 0.25) is 0 Å². The first-order valence-corrected chi connectivity index (χ1v) is 11.9. The van der Waals surface area contributed by atoms with Crippen molar-refractivity contribution < 1.29 is 40.2 Å². The summed E-state index contributed by atoms with van der Waals surface area (Å²) in [7, 11) is 0. The van der Waals surface area contributed by atoms with Crippen LogP contribution in [0.5, 0.6) is 0 Å². The molecule has 0 aromatic heterocycles. The van der Waals surface area contributed by atoms with Crippen molar-refractivity contribution in [3.05, 3.63) is 48.6 Å². The summed E-state index contributed by atoms with van der Waals surface area (Å²) in [6, 6.07) is 0. The first-order chi connectivity index (χ1) is 16.3. The quantitative estimate of drug-likeness (QED) is 0.0929. The molecule has 196 valence electrons. The fourth-order valence-electron chi connectivity index (χ4n) is 2.55. The lowest BCUT2D eigenvalue weighted by atomic mass is 10.0. The van der Waals surface area contributed by atoms with Gasteiger partial charge in [-0.3, -0.25) is 4.79 Å². The highest BCUT2D eigenvalue weighted by Gasteiger charge is 2.29. The van der Waals surface area contributed by atoms with Crippen molar-refractivity contribution in [2.24, 2.45) is 0 Å². The third kappa shape index (κ3) is 23.1. The summed E-state index contributed by atoms with van der Waals surface area (Å²) in [5, 5.41) is 52.0. The van der Waals surface area contributed by atoms with E-state index in [0.717, 1.165) is 32.1 Å². The van der Waals surface area contributed by atoms with E-state index in [2.05, 4.69) is 55.5 Å². The number of allylic oxidation sites excluding steroid dienone is 8. The molecule has 0 saturated heterocycles. The summed E-state index contributed by atoms with van der Waals surface area (Å²) in [5.74, 6) is -0.712. The molecule has 0 spiro atoms. The van der Waals surface area contributed by atoms with Gasteiger partial charge in [0.15, 0.2) is 6.29 Å². The van der Waals surface area contributed by atoms with Crippen LogP contribution in [0.3, 0.4) is 0 Å². The molecule has 8 heteroatoms. The lowest BCUT2D eigenvalue weighted by Gasteiger charge is -2.22. The molecule has 0 aliphatic rings. The van der Waals surface area contributed by atoms with Gasteiger partial charge in [0, 0.05) is 6.42 Å². The Morgan fingerprint density at radius 1 is 0.735 bits per heavy atom. The number of aliphatic hydroxyl groups is 5. The van der Waals surface area contributed by atoms with Crippen LogP contribution in [0.25, 0.3) is 0 Å². The first kappa shape index (κ1) is 34.1.